The molecule has 14 heavy (non-hydrogen) atoms. The smallest absolute Gasteiger partial charge is 0.181 e. The molecular weight excluding hydrogens is 240 g/mol. The standard InChI is InChI=1S/C7H10N2O2S3/c8-7-9-3-6(13-7)12-5-1-2-14(10,11)4-5/h3,5H,1-2,4H2,(H2,8,9). The molecule has 0 aromatic carbocycles. The number of thioether (sulfide) groups is 1. The molecule has 4 nitrogen and oxygen atoms in total. The molecule has 0 amide bonds. The monoisotopic (exact) mass is 250 g/mol. The summed E-state index contributed by atoms with van der Waals surface area (Å²) in [5, 5.41) is 0.716. The van der Waals surface area contributed by atoms with Gasteiger partial charge >= 0.3 is 0 Å². The van der Waals surface area contributed by atoms with Crippen LogP contribution in [0.25, 0.3) is 0 Å². The number of hydrogen-bond donors (Lipinski definition) is 1. The van der Waals surface area contributed by atoms with Crippen LogP contribution in [0.5, 0.6) is 0 Å². The van der Waals surface area contributed by atoms with E-state index in [9.17, 15) is 8.42 Å². The molecule has 1 aliphatic heterocycles. The van der Waals surface area contributed by atoms with Crippen LogP contribution in [0.15, 0.2) is 10.4 Å². The summed E-state index contributed by atoms with van der Waals surface area (Å²) in [6, 6.07) is 0. The van der Waals surface area contributed by atoms with E-state index in [0.717, 1.165) is 10.6 Å². The first-order valence-electron chi connectivity index (χ1n) is 4.13. The Morgan fingerprint density at radius 2 is 2.43 bits per heavy atom. The third-order valence-corrected chi connectivity index (χ3v) is 6.19. The summed E-state index contributed by atoms with van der Waals surface area (Å²) in [5.74, 6) is 0.606. The van der Waals surface area contributed by atoms with Crippen molar-refractivity contribution >= 4 is 38.1 Å². The molecule has 0 saturated carbocycles. The van der Waals surface area contributed by atoms with E-state index in [0.29, 0.717) is 10.9 Å². The summed E-state index contributed by atoms with van der Waals surface area (Å²) in [6.07, 6.45) is 2.44. The first-order valence-corrected chi connectivity index (χ1v) is 7.65. The summed E-state index contributed by atoms with van der Waals surface area (Å²) in [4.78, 5) is 3.92. The molecule has 0 aliphatic carbocycles. The van der Waals surface area contributed by atoms with Crippen LogP contribution in [-0.2, 0) is 9.84 Å². The van der Waals surface area contributed by atoms with Crippen LogP contribution in [0.2, 0.25) is 0 Å². The lowest BCUT2D eigenvalue weighted by Crippen LogP contribution is -2.05. The fraction of sp³-hybridized carbons (Fsp3) is 0.571. The van der Waals surface area contributed by atoms with Crippen LogP contribution >= 0.6 is 23.1 Å². The molecular formula is C7H10N2O2S3. The molecule has 1 aromatic rings. The second-order valence-electron chi connectivity index (χ2n) is 3.16. The minimum Gasteiger partial charge on any atom is -0.375 e. The van der Waals surface area contributed by atoms with Crippen molar-refractivity contribution in [3.05, 3.63) is 6.20 Å². The van der Waals surface area contributed by atoms with Crippen molar-refractivity contribution in [2.75, 3.05) is 17.2 Å². The number of nitrogens with zero attached hydrogens (tertiary/aromatic N) is 1. The predicted molar refractivity (Wildman–Crippen MR) is 59.4 cm³/mol. The van der Waals surface area contributed by atoms with E-state index >= 15 is 0 Å². The van der Waals surface area contributed by atoms with Crippen molar-refractivity contribution in [3.8, 4) is 0 Å². The number of thiazole rings is 1. The van der Waals surface area contributed by atoms with Crippen LogP contribution in [0.4, 0.5) is 5.13 Å². The fourth-order valence-corrected chi connectivity index (χ4v) is 5.88. The fourth-order valence-electron chi connectivity index (χ4n) is 1.34. The summed E-state index contributed by atoms with van der Waals surface area (Å²) in [5.41, 5.74) is 5.48. The van der Waals surface area contributed by atoms with Crippen LogP contribution in [0.3, 0.4) is 0 Å². The van der Waals surface area contributed by atoms with Gasteiger partial charge in [-0.2, -0.15) is 0 Å². The molecule has 2 heterocycles. The highest BCUT2D eigenvalue weighted by molar-refractivity contribution is 8.03. The first kappa shape index (κ1) is 10.3. The minimum atomic E-state index is -2.78. The number of rotatable bonds is 2. The van der Waals surface area contributed by atoms with E-state index in [-0.39, 0.29) is 11.0 Å². The Bertz CT molecular complexity index is 426. The van der Waals surface area contributed by atoms with Gasteiger partial charge in [0.05, 0.1) is 21.9 Å². The van der Waals surface area contributed by atoms with Gasteiger partial charge in [-0.1, -0.05) is 11.3 Å². The predicted octanol–water partition coefficient (Wildman–Crippen LogP) is 1.00. The van der Waals surface area contributed by atoms with Crippen molar-refractivity contribution in [1.82, 2.24) is 4.98 Å². The third kappa shape index (κ3) is 2.40. The van der Waals surface area contributed by atoms with Gasteiger partial charge in [-0.3, -0.25) is 0 Å². The van der Waals surface area contributed by atoms with Crippen molar-refractivity contribution in [2.24, 2.45) is 0 Å². The molecule has 1 aromatic heterocycles. The Labute approximate surface area is 90.8 Å². The number of aromatic nitrogens is 1. The summed E-state index contributed by atoms with van der Waals surface area (Å²) in [6.45, 7) is 0. The Kier molecular flexibility index (Phi) is 2.72. The Morgan fingerprint density at radius 3 is 2.93 bits per heavy atom. The molecule has 2 N–H and O–H groups in total. The lowest BCUT2D eigenvalue weighted by molar-refractivity contribution is 0.602. The third-order valence-electron chi connectivity index (χ3n) is 1.98. The second-order valence-corrected chi connectivity index (χ2v) is 8.05. The molecule has 7 heteroatoms. The lowest BCUT2D eigenvalue weighted by atomic mass is 10.4. The van der Waals surface area contributed by atoms with Gasteiger partial charge in [-0.05, 0) is 6.42 Å². The van der Waals surface area contributed by atoms with Gasteiger partial charge in [0.1, 0.15) is 0 Å². The van der Waals surface area contributed by atoms with E-state index in [1.54, 1.807) is 18.0 Å². The average molecular weight is 250 g/mol. The lowest BCUT2D eigenvalue weighted by Gasteiger charge is -2.02. The van der Waals surface area contributed by atoms with Crippen molar-refractivity contribution in [3.63, 3.8) is 0 Å². The zero-order chi connectivity index (χ0) is 10.2. The molecule has 1 aliphatic rings. The van der Waals surface area contributed by atoms with Gasteiger partial charge in [0.2, 0.25) is 0 Å². The van der Waals surface area contributed by atoms with E-state index in [1.165, 1.54) is 11.3 Å². The maximum Gasteiger partial charge on any atom is 0.181 e. The van der Waals surface area contributed by atoms with Crippen LogP contribution in [0, 0.1) is 0 Å². The molecule has 0 radical (unpaired) electrons. The normalized spacial score (nSPS) is 25.3. The van der Waals surface area contributed by atoms with Gasteiger partial charge in [-0.15, -0.1) is 11.8 Å². The van der Waals surface area contributed by atoms with Gasteiger partial charge in [0.15, 0.2) is 15.0 Å². The highest BCUT2D eigenvalue weighted by Crippen LogP contribution is 2.34. The molecule has 1 saturated heterocycles. The maximum absolute atomic E-state index is 11.2. The van der Waals surface area contributed by atoms with Gasteiger partial charge in [-0.25, -0.2) is 13.4 Å². The van der Waals surface area contributed by atoms with Crippen LogP contribution in [-0.4, -0.2) is 30.2 Å². The highest BCUT2D eigenvalue weighted by atomic mass is 32.2. The molecule has 0 spiro atoms. The molecule has 1 unspecified atom stereocenters. The van der Waals surface area contributed by atoms with E-state index in [2.05, 4.69) is 4.98 Å². The van der Waals surface area contributed by atoms with Crippen molar-refractivity contribution in [2.45, 2.75) is 15.9 Å². The van der Waals surface area contributed by atoms with Crippen molar-refractivity contribution < 1.29 is 8.42 Å². The number of hydrogen-bond acceptors (Lipinski definition) is 6. The number of sulfone groups is 1. The molecule has 78 valence electrons. The quantitative estimate of drug-likeness (QED) is 0.848. The van der Waals surface area contributed by atoms with Gasteiger partial charge in [0.25, 0.3) is 0 Å². The Morgan fingerprint density at radius 1 is 1.64 bits per heavy atom. The van der Waals surface area contributed by atoms with Crippen molar-refractivity contribution in [1.29, 1.82) is 0 Å². The Balaban J connectivity index is 2.00. The zero-order valence-corrected chi connectivity index (χ0v) is 9.79. The summed E-state index contributed by atoms with van der Waals surface area (Å²) < 4.78 is 23.4. The SMILES string of the molecule is Nc1ncc(SC2CCS(=O)(=O)C2)s1. The van der Waals surface area contributed by atoms with Gasteiger partial charge < -0.3 is 5.73 Å². The number of nitrogens with two attached hydrogens (primary N) is 1. The molecule has 1 atom stereocenters. The summed E-state index contributed by atoms with van der Waals surface area (Å²) >= 11 is 2.98. The molecule has 1 fully saturated rings. The number of anilines is 1. The average Bonchev–Trinajstić information content (AvgIpc) is 2.59. The maximum atomic E-state index is 11.2. The van der Waals surface area contributed by atoms with E-state index in [4.69, 9.17) is 5.73 Å². The first-order chi connectivity index (χ1) is 6.55. The topological polar surface area (TPSA) is 73.0 Å². The molecule has 0 bridgehead atoms. The summed E-state index contributed by atoms with van der Waals surface area (Å²) in [7, 11) is -2.78. The Hall–Kier alpha value is -0.270. The largest absolute Gasteiger partial charge is 0.375 e. The van der Waals surface area contributed by atoms with E-state index < -0.39 is 9.84 Å². The minimum absolute atomic E-state index is 0.180. The number of nitrogen functional groups attached to an aromatic ring is 1. The van der Waals surface area contributed by atoms with Gasteiger partial charge in [0, 0.05) is 5.25 Å². The van der Waals surface area contributed by atoms with Crippen LogP contribution < -0.4 is 5.73 Å². The second kappa shape index (κ2) is 3.71. The van der Waals surface area contributed by atoms with Crippen LogP contribution in [0.1, 0.15) is 6.42 Å². The van der Waals surface area contributed by atoms with E-state index in [1.807, 2.05) is 0 Å². The molecule has 2 rings (SSSR count). The highest BCUT2D eigenvalue weighted by Gasteiger charge is 2.28. The zero-order valence-electron chi connectivity index (χ0n) is 7.34.